The quantitative estimate of drug-likeness (QED) is 0.728. The van der Waals surface area contributed by atoms with Gasteiger partial charge in [-0.25, -0.2) is 8.78 Å². The smallest absolute Gasteiger partial charge is 0.123 e. The van der Waals surface area contributed by atoms with Crippen LogP contribution in [-0.2, 0) is 0 Å². The lowest BCUT2D eigenvalue weighted by atomic mass is 9.96. The molecule has 0 radical (unpaired) electrons. The van der Waals surface area contributed by atoms with Crippen LogP contribution in [0.2, 0.25) is 0 Å². The fraction of sp³-hybridized carbons (Fsp3) is 0.455. The molecule has 1 unspecified atom stereocenters. The van der Waals surface area contributed by atoms with Crippen LogP contribution in [0.25, 0.3) is 0 Å². The van der Waals surface area contributed by atoms with Crippen LogP contribution < -0.4 is 5.32 Å². The van der Waals surface area contributed by atoms with E-state index in [1.165, 1.54) is 24.3 Å². The zero-order valence-electron chi connectivity index (χ0n) is 16.3. The minimum absolute atomic E-state index is 0.0463. The first-order valence-electron chi connectivity index (χ1n) is 9.93. The van der Waals surface area contributed by atoms with Gasteiger partial charge in [0.2, 0.25) is 0 Å². The highest BCUT2D eigenvalue weighted by molar-refractivity contribution is 5.32. The van der Waals surface area contributed by atoms with E-state index >= 15 is 0 Å². The van der Waals surface area contributed by atoms with E-state index in [-0.39, 0.29) is 23.8 Å². The van der Waals surface area contributed by atoms with E-state index in [2.05, 4.69) is 15.1 Å². The Labute approximate surface area is 165 Å². The van der Waals surface area contributed by atoms with Gasteiger partial charge in [-0.15, -0.1) is 0 Å². The van der Waals surface area contributed by atoms with Gasteiger partial charge in [-0.05, 0) is 41.9 Å². The number of halogens is 2. The van der Waals surface area contributed by atoms with Crippen LogP contribution >= 0.6 is 0 Å². The fourth-order valence-electron chi connectivity index (χ4n) is 3.78. The van der Waals surface area contributed by atoms with Gasteiger partial charge in [0.1, 0.15) is 11.6 Å². The number of hydrogen-bond donors (Lipinski definition) is 2. The van der Waals surface area contributed by atoms with Crippen LogP contribution in [0.1, 0.15) is 24.1 Å². The molecule has 0 bridgehead atoms. The Balaban J connectivity index is 1.70. The van der Waals surface area contributed by atoms with Gasteiger partial charge in [-0.2, -0.15) is 0 Å². The van der Waals surface area contributed by atoms with Crippen molar-refractivity contribution in [1.82, 2.24) is 15.1 Å². The minimum Gasteiger partial charge on any atom is -0.390 e. The van der Waals surface area contributed by atoms with Crippen molar-refractivity contribution >= 4 is 0 Å². The van der Waals surface area contributed by atoms with Crippen molar-refractivity contribution in [3.63, 3.8) is 0 Å². The molecule has 152 valence electrons. The van der Waals surface area contributed by atoms with Gasteiger partial charge in [0.05, 0.1) is 12.1 Å². The molecule has 1 atom stereocenters. The highest BCUT2D eigenvalue weighted by atomic mass is 19.1. The van der Waals surface area contributed by atoms with E-state index in [0.29, 0.717) is 13.1 Å². The molecule has 6 heteroatoms. The third-order valence-electron chi connectivity index (χ3n) is 5.24. The summed E-state index contributed by atoms with van der Waals surface area (Å²) in [6, 6.07) is 13.0. The summed E-state index contributed by atoms with van der Waals surface area (Å²) in [4.78, 5) is 4.61. The highest BCUT2D eigenvalue weighted by Gasteiger charge is 2.27. The third kappa shape index (κ3) is 5.58. The number of nitrogens with zero attached hydrogens (tertiary/aromatic N) is 2. The number of nitrogens with one attached hydrogen (secondary N) is 1. The summed E-state index contributed by atoms with van der Waals surface area (Å²) in [6.45, 7) is 7.48. The van der Waals surface area contributed by atoms with Gasteiger partial charge >= 0.3 is 0 Å². The van der Waals surface area contributed by atoms with Crippen LogP contribution in [0.3, 0.4) is 0 Å². The number of β-amino-alcohol motifs (C(OH)–C–C–N with tert-alkyl or cyclic N) is 1. The van der Waals surface area contributed by atoms with E-state index in [9.17, 15) is 13.9 Å². The predicted molar refractivity (Wildman–Crippen MR) is 107 cm³/mol. The molecule has 2 aromatic rings. The summed E-state index contributed by atoms with van der Waals surface area (Å²) in [5.41, 5.74) is 1.99. The van der Waals surface area contributed by atoms with E-state index in [4.69, 9.17) is 0 Å². The maximum atomic E-state index is 13.4. The second-order valence-corrected chi connectivity index (χ2v) is 7.30. The monoisotopic (exact) mass is 389 g/mol. The molecule has 0 aliphatic carbocycles. The van der Waals surface area contributed by atoms with Gasteiger partial charge in [0.25, 0.3) is 0 Å². The van der Waals surface area contributed by atoms with Crippen molar-refractivity contribution in [2.75, 3.05) is 45.8 Å². The molecular weight excluding hydrogens is 360 g/mol. The molecule has 1 saturated heterocycles. The molecule has 3 rings (SSSR count). The van der Waals surface area contributed by atoms with Gasteiger partial charge in [-0.1, -0.05) is 31.2 Å². The number of benzene rings is 2. The number of hydrogen-bond acceptors (Lipinski definition) is 4. The third-order valence-corrected chi connectivity index (χ3v) is 5.24. The maximum Gasteiger partial charge on any atom is 0.123 e. The standard InChI is InChI=1S/C22H29F2N3O/c1-2-25-15-21(28)16-26-11-13-27(14-12-26)22(17-3-7-19(23)8-4-17)18-5-9-20(24)10-6-18/h3-10,21-22,25,28H,2,11-16H2,1H3. The SMILES string of the molecule is CCNCC(O)CN1CCN(C(c2ccc(F)cc2)c2ccc(F)cc2)CC1. The Hall–Kier alpha value is -1.86. The van der Waals surface area contributed by atoms with Crippen LogP contribution in [-0.4, -0.2) is 66.8 Å². The summed E-state index contributed by atoms with van der Waals surface area (Å²) in [6.07, 6.45) is -0.378. The largest absolute Gasteiger partial charge is 0.390 e. The van der Waals surface area contributed by atoms with Crippen molar-refractivity contribution in [3.8, 4) is 0 Å². The van der Waals surface area contributed by atoms with Crippen LogP contribution in [0, 0.1) is 11.6 Å². The van der Waals surface area contributed by atoms with Crippen LogP contribution in [0.15, 0.2) is 48.5 Å². The summed E-state index contributed by atoms with van der Waals surface area (Å²) in [7, 11) is 0. The summed E-state index contributed by atoms with van der Waals surface area (Å²) in [5, 5.41) is 13.3. The van der Waals surface area contributed by atoms with Crippen LogP contribution in [0.5, 0.6) is 0 Å². The molecule has 2 N–H and O–H groups in total. The molecule has 1 aliphatic rings. The number of aliphatic hydroxyl groups excluding tert-OH is 1. The average Bonchev–Trinajstić information content (AvgIpc) is 2.71. The molecule has 0 saturated carbocycles. The van der Waals surface area contributed by atoms with Crippen molar-refractivity contribution < 1.29 is 13.9 Å². The zero-order valence-corrected chi connectivity index (χ0v) is 16.3. The predicted octanol–water partition coefficient (Wildman–Crippen LogP) is 2.64. The second-order valence-electron chi connectivity index (χ2n) is 7.30. The van der Waals surface area contributed by atoms with E-state index < -0.39 is 0 Å². The van der Waals surface area contributed by atoms with Crippen LogP contribution in [0.4, 0.5) is 8.78 Å². The van der Waals surface area contributed by atoms with Gasteiger partial charge in [-0.3, -0.25) is 9.80 Å². The zero-order chi connectivity index (χ0) is 19.9. The Bertz CT molecular complexity index is 670. The molecule has 1 fully saturated rings. The molecule has 0 spiro atoms. The first kappa shape index (κ1) is 20.9. The Morgan fingerprint density at radius 3 is 1.86 bits per heavy atom. The minimum atomic E-state index is -0.378. The molecule has 4 nitrogen and oxygen atoms in total. The number of aliphatic hydroxyl groups is 1. The fourth-order valence-corrected chi connectivity index (χ4v) is 3.78. The molecule has 0 aromatic heterocycles. The Morgan fingerprint density at radius 1 is 0.893 bits per heavy atom. The van der Waals surface area contributed by atoms with Gasteiger partial charge in [0, 0.05) is 39.3 Å². The Kier molecular flexibility index (Phi) is 7.50. The second kappa shape index (κ2) is 10.1. The highest BCUT2D eigenvalue weighted by Crippen LogP contribution is 2.30. The molecule has 2 aromatic carbocycles. The molecule has 0 amide bonds. The van der Waals surface area contributed by atoms with E-state index in [1.54, 1.807) is 24.3 Å². The van der Waals surface area contributed by atoms with E-state index in [0.717, 1.165) is 43.9 Å². The Morgan fingerprint density at radius 2 is 1.39 bits per heavy atom. The first-order chi connectivity index (χ1) is 13.6. The van der Waals surface area contributed by atoms with Gasteiger partial charge in [0.15, 0.2) is 0 Å². The average molecular weight is 389 g/mol. The molecule has 1 heterocycles. The normalized spacial score (nSPS) is 17.2. The summed E-state index contributed by atoms with van der Waals surface area (Å²) in [5.74, 6) is -0.526. The van der Waals surface area contributed by atoms with Crippen molar-refractivity contribution in [1.29, 1.82) is 0 Å². The molecular formula is C22H29F2N3O. The van der Waals surface area contributed by atoms with Crippen molar-refractivity contribution in [2.24, 2.45) is 0 Å². The topological polar surface area (TPSA) is 38.7 Å². The van der Waals surface area contributed by atoms with Crippen molar-refractivity contribution in [2.45, 2.75) is 19.1 Å². The lowest BCUT2D eigenvalue weighted by Gasteiger charge is -2.40. The molecule has 28 heavy (non-hydrogen) atoms. The van der Waals surface area contributed by atoms with Gasteiger partial charge < -0.3 is 10.4 Å². The number of rotatable bonds is 8. The first-order valence-corrected chi connectivity index (χ1v) is 9.93. The lowest BCUT2D eigenvalue weighted by Crippen LogP contribution is -2.50. The number of piperazine rings is 1. The van der Waals surface area contributed by atoms with Crippen molar-refractivity contribution in [3.05, 3.63) is 71.3 Å². The summed E-state index contributed by atoms with van der Waals surface area (Å²) >= 11 is 0. The summed E-state index contributed by atoms with van der Waals surface area (Å²) < 4.78 is 26.8. The maximum absolute atomic E-state index is 13.4. The number of likely N-dealkylation sites (N-methyl/N-ethyl adjacent to an activating group) is 1. The van der Waals surface area contributed by atoms with E-state index in [1.807, 2.05) is 6.92 Å². The molecule has 1 aliphatic heterocycles. The lowest BCUT2D eigenvalue weighted by molar-refractivity contribution is 0.0626.